The van der Waals surface area contributed by atoms with Gasteiger partial charge in [-0.3, -0.25) is 0 Å². The Bertz CT molecular complexity index is 1220. The number of rotatable bonds is 4. The van der Waals surface area contributed by atoms with Crippen molar-refractivity contribution < 1.29 is 15.8 Å². The molecule has 0 nitrogen and oxygen atoms in total. The van der Waals surface area contributed by atoms with Gasteiger partial charge in [0.2, 0.25) is 0 Å². The van der Waals surface area contributed by atoms with Crippen molar-refractivity contribution in [3.8, 4) is 0 Å². The second kappa shape index (κ2) is 8.58. The van der Waals surface area contributed by atoms with Gasteiger partial charge in [0.25, 0.3) is 0 Å². The average molecular weight is 687 g/mol. The van der Waals surface area contributed by atoms with Gasteiger partial charge in [-0.25, -0.2) is 0 Å². The van der Waals surface area contributed by atoms with Crippen molar-refractivity contribution in [1.29, 1.82) is 0 Å². The van der Waals surface area contributed by atoms with Crippen LogP contribution in [0.15, 0.2) is 86.8 Å². The van der Waals surface area contributed by atoms with E-state index in [1.807, 2.05) is 0 Å². The van der Waals surface area contributed by atoms with Crippen LogP contribution in [0.3, 0.4) is 0 Å². The van der Waals surface area contributed by atoms with Gasteiger partial charge >= 0.3 is 218 Å². The predicted octanol–water partition coefficient (Wildman–Crippen LogP) is 9.74. The topological polar surface area (TPSA) is 0 Å². The molecule has 3 aromatic carbocycles. The molecule has 3 aromatic rings. The Hall–Kier alpha value is -0.00688. The zero-order valence-corrected chi connectivity index (χ0v) is 25.8. The molecular formula is C26H22Br2Cl2PZr. The Kier molecular flexibility index (Phi) is 6.36. The van der Waals surface area contributed by atoms with Gasteiger partial charge in [-0.05, 0) is 0 Å². The summed E-state index contributed by atoms with van der Waals surface area (Å²) in [5, 5.41) is 1.25. The van der Waals surface area contributed by atoms with E-state index in [1.54, 1.807) is 0 Å². The fourth-order valence-corrected chi connectivity index (χ4v) is 39.8. The van der Waals surface area contributed by atoms with Crippen molar-refractivity contribution in [3.05, 3.63) is 109 Å². The molecule has 0 aromatic heterocycles. The van der Waals surface area contributed by atoms with Crippen molar-refractivity contribution >= 4 is 72.2 Å². The number of halogens is 4. The van der Waals surface area contributed by atoms with E-state index in [0.717, 1.165) is 8.95 Å². The summed E-state index contributed by atoms with van der Waals surface area (Å²) in [6, 6.07) is 23.5. The molecule has 3 unspecified atom stereocenters. The number of hydrogen-bond donors (Lipinski definition) is 0. The van der Waals surface area contributed by atoms with Gasteiger partial charge in [0.05, 0.1) is 0 Å². The molecule has 0 spiro atoms. The van der Waals surface area contributed by atoms with Crippen LogP contribution >= 0.6 is 54.8 Å². The molecular weight excluding hydrogens is 665 g/mol. The van der Waals surface area contributed by atoms with E-state index in [2.05, 4.69) is 125 Å². The van der Waals surface area contributed by atoms with Crippen LogP contribution in [0.5, 0.6) is 0 Å². The fraction of sp³-hybridized carbons (Fsp3) is 0.154. The van der Waals surface area contributed by atoms with E-state index in [4.69, 9.17) is 17.0 Å². The van der Waals surface area contributed by atoms with Crippen molar-refractivity contribution in [2.45, 2.75) is 21.1 Å². The number of benzene rings is 3. The molecule has 0 bridgehead atoms. The van der Waals surface area contributed by atoms with Gasteiger partial charge in [-0.1, -0.05) is 0 Å². The van der Waals surface area contributed by atoms with E-state index in [9.17, 15) is 0 Å². The zero-order valence-electron chi connectivity index (χ0n) is 17.7. The van der Waals surface area contributed by atoms with Gasteiger partial charge in [0.15, 0.2) is 0 Å². The monoisotopic (exact) mass is 683 g/mol. The minimum atomic E-state index is -4.73. The first-order valence-electron chi connectivity index (χ1n) is 10.5. The fourth-order valence-electron chi connectivity index (χ4n) is 5.54. The van der Waals surface area contributed by atoms with Crippen molar-refractivity contribution in [3.63, 3.8) is 0 Å². The number of fused-ring (bicyclic) bond motifs is 2. The molecule has 163 valence electrons. The summed E-state index contributed by atoms with van der Waals surface area (Å²) in [4.78, 5) is 0. The van der Waals surface area contributed by atoms with Gasteiger partial charge in [0.1, 0.15) is 0 Å². The molecule has 0 N–H and O–H groups in total. The second-order valence-corrected chi connectivity index (χ2v) is 42.6. The summed E-state index contributed by atoms with van der Waals surface area (Å²) in [6.45, 7) is 4.42. The Morgan fingerprint density at radius 1 is 0.688 bits per heavy atom. The van der Waals surface area contributed by atoms with Gasteiger partial charge < -0.3 is 0 Å². The van der Waals surface area contributed by atoms with Gasteiger partial charge in [-0.2, -0.15) is 0 Å². The summed E-state index contributed by atoms with van der Waals surface area (Å²) in [5.74, 6) is 0.387. The zero-order chi connectivity index (χ0) is 22.7. The van der Waals surface area contributed by atoms with Crippen LogP contribution in [0, 0.1) is 0 Å². The molecule has 5 rings (SSSR count). The molecule has 32 heavy (non-hydrogen) atoms. The third-order valence-corrected chi connectivity index (χ3v) is 35.7. The van der Waals surface area contributed by atoms with Crippen LogP contribution in [0.4, 0.5) is 0 Å². The summed E-state index contributed by atoms with van der Waals surface area (Å²) >= 11 is 2.80. The van der Waals surface area contributed by atoms with Gasteiger partial charge in [0, 0.05) is 0 Å². The predicted molar refractivity (Wildman–Crippen MR) is 147 cm³/mol. The normalized spacial score (nSPS) is 21.1. The summed E-state index contributed by atoms with van der Waals surface area (Å²) in [6.07, 6.45) is 4.57. The Morgan fingerprint density at radius 3 is 1.62 bits per heavy atom. The molecule has 6 heteroatoms. The number of allylic oxidation sites excluding steroid dienone is 2. The molecule has 0 aliphatic heterocycles. The van der Waals surface area contributed by atoms with E-state index in [0.29, 0.717) is 5.87 Å². The Balaban J connectivity index is 1.79. The van der Waals surface area contributed by atoms with Crippen LogP contribution in [0.25, 0.3) is 12.2 Å². The molecule has 0 saturated carbocycles. The van der Waals surface area contributed by atoms with Crippen LogP contribution in [0.1, 0.15) is 43.4 Å². The maximum atomic E-state index is 8.17. The third-order valence-electron chi connectivity index (χ3n) is 6.67. The summed E-state index contributed by atoms with van der Waals surface area (Å²) in [5.41, 5.74) is 7.55. The molecule has 0 heterocycles. The molecule has 0 radical (unpaired) electrons. The Labute approximate surface area is 216 Å². The third kappa shape index (κ3) is 3.75. The molecule has 2 aliphatic rings. The second-order valence-electron chi connectivity index (χ2n) is 8.77. The van der Waals surface area contributed by atoms with E-state index in [1.165, 1.54) is 38.7 Å². The first kappa shape index (κ1) is 23.7. The minimum absolute atomic E-state index is 0.0593. The van der Waals surface area contributed by atoms with E-state index in [-0.39, 0.29) is 7.25 Å². The van der Waals surface area contributed by atoms with E-state index < -0.39 is 15.8 Å². The SMILES string of the molecule is CC1=Cc2c(Br)cccc2[CH]1[Zr]([Cl])([Cl])([PH]c1ccccc1)[CH]1C(C)=Cc2c(Br)cccc21. The van der Waals surface area contributed by atoms with Crippen molar-refractivity contribution in [2.75, 3.05) is 0 Å². The van der Waals surface area contributed by atoms with Crippen LogP contribution < -0.4 is 5.30 Å². The van der Waals surface area contributed by atoms with Crippen LogP contribution in [0.2, 0.25) is 0 Å². The van der Waals surface area contributed by atoms with E-state index >= 15 is 0 Å². The molecule has 3 atom stereocenters. The molecule has 0 fully saturated rings. The maximum absolute atomic E-state index is 8.17. The average Bonchev–Trinajstić information content (AvgIpc) is 3.28. The van der Waals surface area contributed by atoms with Crippen LogP contribution in [-0.2, 0) is 15.8 Å². The Morgan fingerprint density at radius 2 is 1.16 bits per heavy atom. The van der Waals surface area contributed by atoms with Crippen molar-refractivity contribution in [2.24, 2.45) is 0 Å². The molecule has 2 aliphatic carbocycles. The molecule has 0 amide bonds. The molecule has 0 saturated heterocycles. The summed E-state index contributed by atoms with van der Waals surface area (Å²) < 4.78 is 2.33. The first-order valence-corrected chi connectivity index (χ1v) is 26.0. The van der Waals surface area contributed by atoms with Crippen molar-refractivity contribution in [1.82, 2.24) is 0 Å². The van der Waals surface area contributed by atoms with Gasteiger partial charge in [-0.15, -0.1) is 0 Å². The first-order chi connectivity index (χ1) is 15.2. The number of hydrogen-bond acceptors (Lipinski definition) is 0. The standard InChI is InChI=1S/2C10H8Br.C6H6P.2ClH.Zr/c2*1-7-5-8-3-2-4-10(11)9(8)6-7;7-6-4-2-1-3-5-6;;;/h2*2-6H,1H3;1-5,7H;2*1H;/q;;-1;;;+3/p-2. The quantitative estimate of drug-likeness (QED) is 0.240. The van der Waals surface area contributed by atoms with Crippen LogP contribution in [-0.4, -0.2) is 0 Å². The summed E-state index contributed by atoms with van der Waals surface area (Å²) in [7, 11) is 16.3.